The maximum absolute atomic E-state index is 5.93. The van der Waals surface area contributed by atoms with E-state index in [1.165, 1.54) is 44.9 Å². The molecule has 2 heteroatoms. The summed E-state index contributed by atoms with van der Waals surface area (Å²) in [6.07, 6.45) is 10.3. The van der Waals surface area contributed by atoms with Crippen LogP contribution in [0.25, 0.3) is 0 Å². The van der Waals surface area contributed by atoms with Gasteiger partial charge in [0.15, 0.2) is 0 Å². The van der Waals surface area contributed by atoms with Crippen LogP contribution in [0.2, 0.25) is 13.1 Å². The van der Waals surface area contributed by atoms with Crippen molar-refractivity contribution in [1.29, 1.82) is 0 Å². The molecule has 0 atom stereocenters. The molecule has 1 aliphatic rings. The molecule has 1 rings (SSSR count). The first kappa shape index (κ1) is 10.3. The van der Waals surface area contributed by atoms with E-state index in [-0.39, 0.29) is 0 Å². The second-order valence-electron chi connectivity index (χ2n) is 3.99. The summed E-state index contributed by atoms with van der Waals surface area (Å²) >= 11 is 0. The van der Waals surface area contributed by atoms with Gasteiger partial charge in [0.2, 0.25) is 9.04 Å². The second-order valence-corrected chi connectivity index (χ2v) is 6.05. The summed E-state index contributed by atoms with van der Waals surface area (Å²) in [7, 11) is -0.461. The first-order chi connectivity index (χ1) is 5.79. The average Bonchev–Trinajstić information content (AvgIpc) is 1.93. The highest BCUT2D eigenvalue weighted by Crippen LogP contribution is 2.19. The summed E-state index contributed by atoms with van der Waals surface area (Å²) in [5.74, 6) is 0. The Bertz CT molecular complexity index is 106. The van der Waals surface area contributed by atoms with Crippen molar-refractivity contribution >= 4 is 9.04 Å². The number of hydrogen-bond donors (Lipinski definition) is 0. The molecule has 0 aromatic heterocycles. The first-order valence-electron chi connectivity index (χ1n) is 5.26. The summed E-state index contributed by atoms with van der Waals surface area (Å²) in [6.45, 7) is 4.48. The highest BCUT2D eigenvalue weighted by Gasteiger charge is 2.12. The lowest BCUT2D eigenvalue weighted by Crippen LogP contribution is -2.21. The lowest BCUT2D eigenvalue weighted by atomic mass is 9.99. The van der Waals surface area contributed by atoms with Gasteiger partial charge >= 0.3 is 0 Å². The van der Waals surface area contributed by atoms with Gasteiger partial charge in [0.1, 0.15) is 0 Å². The van der Waals surface area contributed by atoms with Crippen LogP contribution in [0.1, 0.15) is 44.9 Å². The van der Waals surface area contributed by atoms with Gasteiger partial charge in [-0.2, -0.15) is 0 Å². The molecule has 1 nitrogen and oxygen atoms in total. The Balaban J connectivity index is 2.20. The quantitative estimate of drug-likeness (QED) is 0.599. The van der Waals surface area contributed by atoms with E-state index in [0.717, 1.165) is 0 Å². The zero-order chi connectivity index (χ0) is 8.81. The molecule has 0 saturated heterocycles. The topological polar surface area (TPSA) is 9.23 Å². The molecule has 0 spiro atoms. The summed E-state index contributed by atoms with van der Waals surface area (Å²) in [5, 5.41) is 0. The van der Waals surface area contributed by atoms with Gasteiger partial charge in [0.25, 0.3) is 0 Å². The smallest absolute Gasteiger partial charge is 0.205 e. The monoisotopic (exact) mass is 185 g/mol. The molecule has 0 bridgehead atoms. The summed E-state index contributed by atoms with van der Waals surface area (Å²) in [5.41, 5.74) is 0. The third-order valence-electron chi connectivity index (χ3n) is 2.45. The van der Waals surface area contributed by atoms with Crippen LogP contribution in [0.4, 0.5) is 0 Å². The fourth-order valence-corrected chi connectivity index (χ4v) is 2.77. The Morgan fingerprint density at radius 1 is 0.917 bits per heavy atom. The Kier molecular flexibility index (Phi) is 4.92. The molecular formula is C10H21OSi. The molecule has 0 N–H and O–H groups in total. The van der Waals surface area contributed by atoms with Gasteiger partial charge < -0.3 is 4.43 Å². The van der Waals surface area contributed by atoms with Crippen molar-refractivity contribution in [3.63, 3.8) is 0 Å². The van der Waals surface area contributed by atoms with Crippen LogP contribution in [-0.4, -0.2) is 15.1 Å². The van der Waals surface area contributed by atoms with Crippen LogP contribution in [0.5, 0.6) is 0 Å². The van der Waals surface area contributed by atoms with Gasteiger partial charge in [-0.05, 0) is 25.9 Å². The zero-order valence-corrected chi connectivity index (χ0v) is 9.44. The van der Waals surface area contributed by atoms with E-state index in [1.54, 1.807) is 0 Å². The Morgan fingerprint density at radius 3 is 1.92 bits per heavy atom. The van der Waals surface area contributed by atoms with Gasteiger partial charge in [-0.3, -0.25) is 0 Å². The standard InChI is InChI=1S/C10H21OSi/c1-12(2)11-10-8-6-4-3-5-7-9-10/h10H,3-9H2,1-2H3. The molecule has 1 fully saturated rings. The van der Waals surface area contributed by atoms with E-state index in [4.69, 9.17) is 4.43 Å². The van der Waals surface area contributed by atoms with Crippen molar-refractivity contribution in [2.45, 2.75) is 64.1 Å². The molecule has 1 aliphatic carbocycles. The van der Waals surface area contributed by atoms with Gasteiger partial charge in [0, 0.05) is 6.10 Å². The van der Waals surface area contributed by atoms with Crippen molar-refractivity contribution in [3.8, 4) is 0 Å². The fraction of sp³-hybridized carbons (Fsp3) is 1.00. The fourth-order valence-electron chi connectivity index (χ4n) is 1.87. The predicted molar refractivity (Wildman–Crippen MR) is 54.7 cm³/mol. The molecule has 0 aromatic carbocycles. The van der Waals surface area contributed by atoms with Crippen LogP contribution >= 0.6 is 0 Å². The minimum Gasteiger partial charge on any atom is -0.414 e. The average molecular weight is 185 g/mol. The normalized spacial score (nSPS) is 22.2. The molecule has 12 heavy (non-hydrogen) atoms. The van der Waals surface area contributed by atoms with Crippen LogP contribution in [0.3, 0.4) is 0 Å². The number of hydrogen-bond acceptors (Lipinski definition) is 1. The Hall–Kier alpha value is 0.177. The Labute approximate surface area is 78.2 Å². The van der Waals surface area contributed by atoms with Gasteiger partial charge in [-0.1, -0.05) is 32.1 Å². The van der Waals surface area contributed by atoms with Crippen molar-refractivity contribution in [2.75, 3.05) is 0 Å². The van der Waals surface area contributed by atoms with E-state index in [9.17, 15) is 0 Å². The highest BCUT2D eigenvalue weighted by atomic mass is 28.3. The molecule has 0 amide bonds. The van der Waals surface area contributed by atoms with Crippen LogP contribution in [0, 0.1) is 0 Å². The predicted octanol–water partition coefficient (Wildman–Crippen LogP) is 3.37. The SMILES string of the molecule is C[Si](C)OC1CCCCCCC1. The van der Waals surface area contributed by atoms with Crippen molar-refractivity contribution in [3.05, 3.63) is 0 Å². The minimum absolute atomic E-state index is 0.461. The summed E-state index contributed by atoms with van der Waals surface area (Å²) in [4.78, 5) is 0. The van der Waals surface area contributed by atoms with E-state index < -0.39 is 9.04 Å². The zero-order valence-electron chi connectivity index (χ0n) is 8.44. The van der Waals surface area contributed by atoms with Crippen LogP contribution < -0.4 is 0 Å². The van der Waals surface area contributed by atoms with E-state index in [2.05, 4.69) is 13.1 Å². The van der Waals surface area contributed by atoms with Crippen molar-refractivity contribution < 1.29 is 4.43 Å². The van der Waals surface area contributed by atoms with Crippen molar-refractivity contribution in [1.82, 2.24) is 0 Å². The molecular weight excluding hydrogens is 164 g/mol. The third kappa shape index (κ3) is 4.26. The molecule has 1 radical (unpaired) electrons. The summed E-state index contributed by atoms with van der Waals surface area (Å²) in [6, 6.07) is 0. The number of rotatable bonds is 2. The molecule has 0 unspecified atom stereocenters. The summed E-state index contributed by atoms with van der Waals surface area (Å²) < 4.78 is 5.93. The largest absolute Gasteiger partial charge is 0.414 e. The lowest BCUT2D eigenvalue weighted by Gasteiger charge is -2.21. The first-order valence-corrected chi connectivity index (χ1v) is 7.66. The molecule has 0 aromatic rings. The molecule has 1 saturated carbocycles. The van der Waals surface area contributed by atoms with Crippen molar-refractivity contribution in [2.24, 2.45) is 0 Å². The molecule has 0 heterocycles. The highest BCUT2D eigenvalue weighted by molar-refractivity contribution is 6.48. The molecule has 0 aliphatic heterocycles. The second kappa shape index (κ2) is 5.76. The maximum Gasteiger partial charge on any atom is 0.205 e. The van der Waals surface area contributed by atoms with E-state index in [1.807, 2.05) is 0 Å². The van der Waals surface area contributed by atoms with E-state index >= 15 is 0 Å². The lowest BCUT2D eigenvalue weighted by molar-refractivity contribution is 0.168. The van der Waals surface area contributed by atoms with E-state index in [0.29, 0.717) is 6.10 Å². The van der Waals surface area contributed by atoms with Gasteiger partial charge in [-0.15, -0.1) is 0 Å². The van der Waals surface area contributed by atoms with Gasteiger partial charge in [0.05, 0.1) is 0 Å². The Morgan fingerprint density at radius 2 is 1.42 bits per heavy atom. The van der Waals surface area contributed by atoms with Gasteiger partial charge in [-0.25, -0.2) is 0 Å². The third-order valence-corrected chi connectivity index (χ3v) is 3.26. The maximum atomic E-state index is 5.93. The van der Waals surface area contributed by atoms with Crippen LogP contribution in [0.15, 0.2) is 0 Å². The molecule has 71 valence electrons. The minimum atomic E-state index is -0.461. The van der Waals surface area contributed by atoms with Crippen LogP contribution in [-0.2, 0) is 4.43 Å².